The number of rotatable bonds is 8. The summed E-state index contributed by atoms with van der Waals surface area (Å²) in [6, 6.07) is 15.3. The van der Waals surface area contributed by atoms with E-state index in [4.69, 9.17) is 0 Å². The summed E-state index contributed by atoms with van der Waals surface area (Å²) in [6.07, 6.45) is 7.75. The van der Waals surface area contributed by atoms with Crippen LogP contribution in [-0.2, 0) is 13.0 Å². The SMILES string of the molecule is CN1CCC(CN(CCc2ccccc2)Cc2cccn2-c2nccs2)CC1. The molecule has 0 N–H and O–H groups in total. The van der Waals surface area contributed by atoms with Crippen LogP contribution < -0.4 is 0 Å². The quantitative estimate of drug-likeness (QED) is 0.569. The minimum absolute atomic E-state index is 0.801. The molecule has 4 rings (SSSR count). The smallest absolute Gasteiger partial charge is 0.193 e. The van der Waals surface area contributed by atoms with Gasteiger partial charge in [0.1, 0.15) is 0 Å². The molecule has 28 heavy (non-hydrogen) atoms. The third-order valence-corrected chi connectivity index (χ3v) is 6.53. The van der Waals surface area contributed by atoms with Crippen molar-refractivity contribution in [1.82, 2.24) is 19.4 Å². The van der Waals surface area contributed by atoms with Gasteiger partial charge in [0, 0.05) is 43.1 Å². The van der Waals surface area contributed by atoms with Gasteiger partial charge in [-0.1, -0.05) is 30.3 Å². The minimum atomic E-state index is 0.801. The zero-order valence-corrected chi connectivity index (χ0v) is 17.5. The number of benzene rings is 1. The van der Waals surface area contributed by atoms with E-state index < -0.39 is 0 Å². The summed E-state index contributed by atoms with van der Waals surface area (Å²) in [7, 11) is 2.24. The molecular weight excluding hydrogens is 364 g/mol. The normalized spacial score (nSPS) is 16.1. The van der Waals surface area contributed by atoms with Gasteiger partial charge in [-0.25, -0.2) is 4.98 Å². The van der Waals surface area contributed by atoms with Crippen LogP contribution in [0.25, 0.3) is 5.13 Å². The second kappa shape index (κ2) is 9.50. The molecule has 5 heteroatoms. The lowest BCUT2D eigenvalue weighted by atomic mass is 9.96. The second-order valence-electron chi connectivity index (χ2n) is 7.90. The molecule has 2 aromatic heterocycles. The molecule has 1 aromatic carbocycles. The maximum atomic E-state index is 4.50. The zero-order valence-electron chi connectivity index (χ0n) is 16.7. The Morgan fingerprint density at radius 3 is 2.68 bits per heavy atom. The molecule has 0 amide bonds. The lowest BCUT2D eigenvalue weighted by Crippen LogP contribution is -2.37. The fourth-order valence-electron chi connectivity index (χ4n) is 4.07. The molecule has 0 spiro atoms. The van der Waals surface area contributed by atoms with Crippen LogP contribution in [0.3, 0.4) is 0 Å². The molecule has 3 aromatic rings. The molecule has 0 saturated carbocycles. The van der Waals surface area contributed by atoms with E-state index in [9.17, 15) is 0 Å². The van der Waals surface area contributed by atoms with Crippen LogP contribution in [0.2, 0.25) is 0 Å². The predicted molar refractivity (Wildman–Crippen MR) is 117 cm³/mol. The number of nitrogens with zero attached hydrogens (tertiary/aromatic N) is 4. The van der Waals surface area contributed by atoms with Crippen molar-refractivity contribution in [2.24, 2.45) is 5.92 Å². The summed E-state index contributed by atoms with van der Waals surface area (Å²) in [6.45, 7) is 5.72. The monoisotopic (exact) mass is 394 g/mol. The highest BCUT2D eigenvalue weighted by Crippen LogP contribution is 2.21. The fourth-order valence-corrected chi connectivity index (χ4v) is 4.73. The van der Waals surface area contributed by atoms with E-state index in [0.717, 1.165) is 30.6 Å². The van der Waals surface area contributed by atoms with E-state index in [1.807, 2.05) is 11.6 Å². The van der Waals surface area contributed by atoms with E-state index in [1.54, 1.807) is 11.3 Å². The molecule has 4 nitrogen and oxygen atoms in total. The highest BCUT2D eigenvalue weighted by Gasteiger charge is 2.20. The van der Waals surface area contributed by atoms with Crippen molar-refractivity contribution in [2.75, 3.05) is 33.2 Å². The average Bonchev–Trinajstić information content (AvgIpc) is 3.40. The Morgan fingerprint density at radius 2 is 1.93 bits per heavy atom. The topological polar surface area (TPSA) is 24.3 Å². The Morgan fingerprint density at radius 1 is 1.11 bits per heavy atom. The van der Waals surface area contributed by atoms with E-state index in [-0.39, 0.29) is 0 Å². The maximum absolute atomic E-state index is 4.50. The van der Waals surface area contributed by atoms with Crippen LogP contribution in [-0.4, -0.2) is 52.6 Å². The number of piperidine rings is 1. The van der Waals surface area contributed by atoms with E-state index >= 15 is 0 Å². The van der Waals surface area contributed by atoms with Gasteiger partial charge in [0.2, 0.25) is 0 Å². The first-order valence-corrected chi connectivity index (χ1v) is 11.2. The van der Waals surface area contributed by atoms with E-state index in [1.165, 1.54) is 43.7 Å². The Kier molecular flexibility index (Phi) is 6.57. The molecule has 1 fully saturated rings. The Labute approximate surface area is 172 Å². The van der Waals surface area contributed by atoms with Gasteiger partial charge >= 0.3 is 0 Å². The summed E-state index contributed by atoms with van der Waals surface area (Å²) in [5.41, 5.74) is 2.75. The molecule has 1 saturated heterocycles. The van der Waals surface area contributed by atoms with Gasteiger partial charge in [-0.3, -0.25) is 9.47 Å². The number of hydrogen-bond acceptors (Lipinski definition) is 4. The number of hydrogen-bond donors (Lipinski definition) is 0. The Bertz CT molecular complexity index is 819. The Balaban J connectivity index is 1.45. The van der Waals surface area contributed by atoms with Crippen molar-refractivity contribution in [3.8, 4) is 5.13 Å². The lowest BCUT2D eigenvalue weighted by molar-refractivity contribution is 0.155. The lowest BCUT2D eigenvalue weighted by Gasteiger charge is -2.33. The van der Waals surface area contributed by atoms with Crippen LogP contribution in [0, 0.1) is 5.92 Å². The van der Waals surface area contributed by atoms with Gasteiger partial charge in [0.15, 0.2) is 5.13 Å². The number of aromatic nitrogens is 2. The molecule has 0 radical (unpaired) electrons. The predicted octanol–water partition coefficient (Wildman–Crippen LogP) is 4.32. The summed E-state index contributed by atoms with van der Waals surface area (Å²) in [5.74, 6) is 0.801. The van der Waals surface area contributed by atoms with E-state index in [0.29, 0.717) is 0 Å². The minimum Gasteiger partial charge on any atom is -0.306 e. The van der Waals surface area contributed by atoms with Crippen LogP contribution >= 0.6 is 11.3 Å². The van der Waals surface area contributed by atoms with Crippen molar-refractivity contribution in [3.63, 3.8) is 0 Å². The molecule has 3 heterocycles. The van der Waals surface area contributed by atoms with Crippen LogP contribution in [0.1, 0.15) is 24.1 Å². The summed E-state index contributed by atoms with van der Waals surface area (Å²) < 4.78 is 2.24. The van der Waals surface area contributed by atoms with Gasteiger partial charge in [0.05, 0.1) is 0 Å². The third kappa shape index (κ3) is 5.10. The van der Waals surface area contributed by atoms with Crippen molar-refractivity contribution >= 4 is 11.3 Å². The number of thiazole rings is 1. The third-order valence-electron chi connectivity index (χ3n) is 5.76. The molecule has 1 aliphatic heterocycles. The first kappa shape index (κ1) is 19.4. The molecule has 148 valence electrons. The van der Waals surface area contributed by atoms with Gasteiger partial charge in [0.25, 0.3) is 0 Å². The average molecular weight is 395 g/mol. The molecular formula is C23H30N4S. The molecule has 1 aliphatic rings. The number of likely N-dealkylation sites (tertiary alicyclic amines) is 1. The van der Waals surface area contributed by atoms with Gasteiger partial charge < -0.3 is 4.90 Å². The van der Waals surface area contributed by atoms with Crippen LogP contribution in [0.15, 0.2) is 60.2 Å². The van der Waals surface area contributed by atoms with Crippen LogP contribution in [0.5, 0.6) is 0 Å². The largest absolute Gasteiger partial charge is 0.306 e. The summed E-state index contributed by atoms with van der Waals surface area (Å²) in [5, 5.41) is 3.10. The second-order valence-corrected chi connectivity index (χ2v) is 8.77. The Hall–Kier alpha value is -1.95. The maximum Gasteiger partial charge on any atom is 0.193 e. The summed E-state index contributed by atoms with van der Waals surface area (Å²) >= 11 is 1.70. The van der Waals surface area contributed by atoms with Gasteiger partial charge in [-0.15, -0.1) is 11.3 Å². The molecule has 0 unspecified atom stereocenters. The fraction of sp³-hybridized carbons (Fsp3) is 0.435. The van der Waals surface area contributed by atoms with E-state index in [2.05, 4.69) is 75.1 Å². The zero-order chi connectivity index (χ0) is 19.2. The molecule has 0 bridgehead atoms. The summed E-state index contributed by atoms with van der Waals surface area (Å²) in [4.78, 5) is 9.61. The van der Waals surface area contributed by atoms with Crippen molar-refractivity contribution in [2.45, 2.75) is 25.8 Å². The highest BCUT2D eigenvalue weighted by atomic mass is 32.1. The molecule has 0 aliphatic carbocycles. The van der Waals surface area contributed by atoms with Crippen LogP contribution in [0.4, 0.5) is 0 Å². The van der Waals surface area contributed by atoms with Crippen molar-refractivity contribution in [3.05, 3.63) is 71.5 Å². The standard InChI is InChI=1S/C23H30N4S/c1-25-14-9-21(10-15-25)18-26(16-11-20-6-3-2-4-7-20)19-22-8-5-13-27(22)23-24-12-17-28-23/h2-8,12-13,17,21H,9-11,14-16,18-19H2,1H3. The first-order valence-electron chi connectivity index (χ1n) is 10.3. The molecule has 0 atom stereocenters. The van der Waals surface area contributed by atoms with Gasteiger partial charge in [-0.05, 0) is 63.0 Å². The van der Waals surface area contributed by atoms with Gasteiger partial charge in [-0.2, -0.15) is 0 Å². The van der Waals surface area contributed by atoms with Crippen molar-refractivity contribution in [1.29, 1.82) is 0 Å². The van der Waals surface area contributed by atoms with Crippen molar-refractivity contribution < 1.29 is 0 Å². The highest BCUT2D eigenvalue weighted by molar-refractivity contribution is 7.12. The first-order chi connectivity index (χ1) is 13.8.